The molecule has 3 aliphatic rings. The number of ketones is 1. The molecule has 384 valence electrons. The third-order valence-electron chi connectivity index (χ3n) is 14.8. The molecule has 3 aromatic carbocycles. The van der Waals surface area contributed by atoms with E-state index in [1.807, 2.05) is 26.8 Å². The number of aromatic nitrogens is 1. The van der Waals surface area contributed by atoms with Gasteiger partial charge in [-0.05, 0) is 78.2 Å². The number of rotatable bonds is 6. The highest BCUT2D eigenvalue weighted by molar-refractivity contribution is 6.26. The predicted molar refractivity (Wildman–Crippen MR) is 273 cm³/mol. The Kier molecular flexibility index (Phi) is 15.3. The average Bonchev–Trinajstić information content (AvgIpc) is 3.86. The predicted octanol–water partition coefficient (Wildman–Crippen LogP) is 9.20. The highest BCUT2D eigenvalue weighted by atomic mass is 16.7. The van der Waals surface area contributed by atoms with Gasteiger partial charge in [0.15, 0.2) is 5.58 Å². The quantitative estimate of drug-likeness (QED) is 0.122. The van der Waals surface area contributed by atoms with Crippen molar-refractivity contribution in [1.29, 1.82) is 0 Å². The highest BCUT2D eigenvalue weighted by Crippen LogP contribution is 2.55. The number of hydrogen-bond acceptors (Lipinski definition) is 15. The van der Waals surface area contributed by atoms with Gasteiger partial charge < -0.3 is 48.3 Å². The van der Waals surface area contributed by atoms with Crippen molar-refractivity contribution < 1.29 is 57.8 Å². The third kappa shape index (κ3) is 10.2. The van der Waals surface area contributed by atoms with Gasteiger partial charge in [0.2, 0.25) is 5.89 Å². The zero-order chi connectivity index (χ0) is 52.2. The van der Waals surface area contributed by atoms with Crippen molar-refractivity contribution >= 4 is 50.9 Å². The first-order chi connectivity index (χ1) is 33.3. The van der Waals surface area contributed by atoms with Gasteiger partial charge in [0.1, 0.15) is 34.6 Å². The summed E-state index contributed by atoms with van der Waals surface area (Å²) in [7, 11) is 1.48. The van der Waals surface area contributed by atoms with Gasteiger partial charge >= 0.3 is 17.7 Å². The number of phenols is 1. The van der Waals surface area contributed by atoms with Crippen LogP contribution in [0.15, 0.2) is 47.1 Å². The summed E-state index contributed by atoms with van der Waals surface area (Å²) in [6.45, 7) is 28.1. The van der Waals surface area contributed by atoms with Crippen molar-refractivity contribution in [1.82, 2.24) is 9.88 Å². The third-order valence-corrected chi connectivity index (χ3v) is 14.8. The number of benzene rings is 3. The maximum atomic E-state index is 15.2. The second-order valence-corrected chi connectivity index (χ2v) is 21.3. The first-order valence-electron chi connectivity index (χ1n) is 24.7. The minimum atomic E-state index is -2.00. The van der Waals surface area contributed by atoms with Crippen LogP contribution in [-0.2, 0) is 30.3 Å². The van der Waals surface area contributed by atoms with E-state index >= 15 is 4.79 Å². The topological polar surface area (TPSA) is 191 Å². The molecule has 0 radical (unpaired) electrons. The minimum Gasteiger partial charge on any atom is -0.505 e. The van der Waals surface area contributed by atoms with Gasteiger partial charge in [-0.2, -0.15) is 0 Å². The number of methoxy groups -OCH3 is 1. The van der Waals surface area contributed by atoms with Crippen molar-refractivity contribution in [3.05, 3.63) is 82.0 Å². The molecule has 0 unspecified atom stereocenters. The Morgan fingerprint density at radius 2 is 1.56 bits per heavy atom. The Morgan fingerprint density at radius 3 is 2.17 bits per heavy atom. The Bertz CT molecular complexity index is 2790. The summed E-state index contributed by atoms with van der Waals surface area (Å²) < 4.78 is 37.6. The molecule has 0 aliphatic carbocycles. The van der Waals surface area contributed by atoms with Crippen LogP contribution in [0.5, 0.6) is 17.2 Å². The summed E-state index contributed by atoms with van der Waals surface area (Å²) in [5.74, 6) is -6.04. The lowest BCUT2D eigenvalue weighted by Crippen LogP contribution is -2.46. The lowest BCUT2D eigenvalue weighted by Gasteiger charge is -2.38. The van der Waals surface area contributed by atoms with Gasteiger partial charge in [-0.3, -0.25) is 19.3 Å². The van der Waals surface area contributed by atoms with Gasteiger partial charge in [0, 0.05) is 93.9 Å². The van der Waals surface area contributed by atoms with Crippen LogP contribution in [0.25, 0.3) is 27.4 Å². The van der Waals surface area contributed by atoms with Crippen LogP contribution in [0.1, 0.15) is 113 Å². The fourth-order valence-electron chi connectivity index (χ4n) is 10.4. The molecular formula is C56H73N3O12. The van der Waals surface area contributed by atoms with E-state index in [0.717, 1.165) is 6.54 Å². The molecule has 1 saturated heterocycles. The Labute approximate surface area is 417 Å². The Balaban J connectivity index is 1.44. The number of hydrogen-bond donors (Lipinski definition) is 3. The molecule has 71 heavy (non-hydrogen) atoms. The summed E-state index contributed by atoms with van der Waals surface area (Å²) >= 11 is 0. The number of anilines is 1. The van der Waals surface area contributed by atoms with Crippen LogP contribution in [0, 0.1) is 56.8 Å². The summed E-state index contributed by atoms with van der Waals surface area (Å²) in [5, 5.41) is 36.5. The van der Waals surface area contributed by atoms with Gasteiger partial charge in [0.05, 0.1) is 40.9 Å². The number of phenolic OH excluding ortho intramolecular Hbond substituents is 1. The lowest BCUT2D eigenvalue weighted by molar-refractivity contribution is -0.160. The number of fused-ring (bicyclic) bond motifs is 2. The van der Waals surface area contributed by atoms with E-state index in [2.05, 4.69) is 42.7 Å². The number of Topliss-reactive ketones (excluding diaryl/α,β-unsaturated/α-hetero) is 1. The van der Waals surface area contributed by atoms with Crippen LogP contribution in [0.4, 0.5) is 5.69 Å². The summed E-state index contributed by atoms with van der Waals surface area (Å²) in [4.78, 5) is 51.1. The van der Waals surface area contributed by atoms with Crippen molar-refractivity contribution in [3.8, 4) is 17.2 Å². The molecule has 7 rings (SSSR count). The first kappa shape index (κ1) is 53.1. The van der Waals surface area contributed by atoms with Crippen LogP contribution in [0.3, 0.4) is 0 Å². The number of allylic oxidation sites excluding steroid dienone is 3. The molecular weight excluding hydrogens is 907 g/mol. The zero-order valence-electron chi connectivity index (χ0n) is 44.1. The van der Waals surface area contributed by atoms with Gasteiger partial charge in [-0.1, -0.05) is 63.6 Å². The number of aryl methyl sites for hydroxylation is 3. The number of esters is 2. The molecule has 9 atom stereocenters. The van der Waals surface area contributed by atoms with E-state index < -0.39 is 77.0 Å². The molecule has 4 aromatic rings. The number of oxazole rings is 1. The van der Waals surface area contributed by atoms with E-state index in [4.69, 9.17) is 33.1 Å². The van der Waals surface area contributed by atoms with Crippen molar-refractivity contribution in [2.24, 2.45) is 29.1 Å². The van der Waals surface area contributed by atoms with Crippen LogP contribution < -0.4 is 14.4 Å². The molecule has 15 heteroatoms. The number of aromatic hydroxyl groups is 1. The summed E-state index contributed by atoms with van der Waals surface area (Å²) in [5.41, 5.74) is 5.76. The molecule has 0 saturated carbocycles. The number of ether oxygens (including phenoxy) is 5. The van der Waals surface area contributed by atoms with Crippen LogP contribution in [0.2, 0.25) is 0 Å². The first-order valence-corrected chi connectivity index (χ1v) is 24.7. The highest BCUT2D eigenvalue weighted by Gasteiger charge is 2.50. The van der Waals surface area contributed by atoms with E-state index in [0.29, 0.717) is 48.5 Å². The Hall–Kier alpha value is -5.74. The number of aliphatic hydroxyl groups is 2. The number of carbonyl (C=O) groups is 3. The molecule has 0 spiro atoms. The SMILES string of the molecule is CO[C@H]1/C=C/O[C@@]2(C)Oc3c(C)c(OC(=O)C(C)(C)C)c4c(c(O)c(N5CCN(Cc6c(C)cc(C)cc6C)CC5)c5nc(oc54)/C(C)=C\C=C\[C@H](C)[C@H](O)[C@@H](C)[C@@H](O)[C@@H](C)[C@H](OC(C)=O)[C@@H]1C)c3C2=O. The molecule has 3 N–H and O–H groups in total. The molecule has 6 bridgehead atoms. The van der Waals surface area contributed by atoms with Crippen LogP contribution >= 0.6 is 0 Å². The van der Waals surface area contributed by atoms with Gasteiger partial charge in [-0.25, -0.2) is 4.98 Å². The fourth-order valence-corrected chi connectivity index (χ4v) is 10.4. The second kappa shape index (κ2) is 20.4. The lowest BCUT2D eigenvalue weighted by atomic mass is 9.78. The van der Waals surface area contributed by atoms with Crippen molar-refractivity contribution in [2.75, 3.05) is 38.2 Å². The average molecular weight is 980 g/mol. The van der Waals surface area contributed by atoms with Gasteiger partial charge in [-0.15, -0.1) is 0 Å². The standard InChI is InChI=1S/C56H73N3O12/c1-28-25-31(4)38(32(5)26-28)27-58-20-22-59(23-21-58)44-43-51-41-40(47(44)63)42-50(36(9)49(41)70-54(65)55(11,12)13)71-56(14,52(42)64)67-24-19-39(66-15)33(6)48(68-37(10)60)35(8)46(62)34(7)45(61)29(2)17-16-18-30(3)53(57-43)69-51/h16-19,24-26,29,33-35,39,45-46,48,61-63H,20-23,27H2,1-15H3/b17-16+,24-19+,30-18-/t29-,33+,34+,35+,39-,45-,46+,48+,56-/m0/s1. The molecule has 1 fully saturated rings. The van der Waals surface area contributed by atoms with Crippen molar-refractivity contribution in [3.63, 3.8) is 0 Å². The van der Waals surface area contributed by atoms with E-state index in [1.54, 1.807) is 59.8 Å². The fraction of sp³-hybridized carbons (Fsp3) is 0.536. The number of piperazine rings is 1. The normalized spacial score (nSPS) is 28.5. The molecule has 3 aliphatic heterocycles. The number of carbonyl (C=O) groups excluding carboxylic acids is 3. The summed E-state index contributed by atoms with van der Waals surface area (Å²) in [6, 6.07) is 4.41. The van der Waals surface area contributed by atoms with Crippen LogP contribution in [-0.4, -0.2) is 106 Å². The van der Waals surface area contributed by atoms with E-state index in [9.17, 15) is 24.9 Å². The van der Waals surface area contributed by atoms with Gasteiger partial charge in [0.25, 0.3) is 5.78 Å². The largest absolute Gasteiger partial charge is 0.505 e. The minimum absolute atomic E-state index is 0.0103. The van der Waals surface area contributed by atoms with E-state index in [-0.39, 0.29) is 45.1 Å². The molecule has 15 nitrogen and oxygen atoms in total. The summed E-state index contributed by atoms with van der Waals surface area (Å²) in [6.07, 6.45) is 4.52. The number of aliphatic hydroxyl groups excluding tert-OH is 2. The smallest absolute Gasteiger partial charge is 0.316 e. The number of nitrogens with zero attached hydrogens (tertiary/aromatic N) is 3. The van der Waals surface area contributed by atoms with Crippen molar-refractivity contribution in [2.45, 2.75) is 134 Å². The maximum Gasteiger partial charge on any atom is 0.316 e. The zero-order valence-corrected chi connectivity index (χ0v) is 44.1. The molecule has 0 amide bonds. The molecule has 4 heterocycles. The monoisotopic (exact) mass is 980 g/mol. The Morgan fingerprint density at radius 1 is 0.915 bits per heavy atom. The maximum absolute atomic E-state index is 15.2. The molecule has 1 aromatic heterocycles. The van der Waals surface area contributed by atoms with E-state index in [1.165, 1.54) is 49.5 Å². The second-order valence-electron chi connectivity index (χ2n) is 21.3.